The molecule has 18 heavy (non-hydrogen) atoms. The molecule has 1 rings (SSSR count). The van der Waals surface area contributed by atoms with E-state index in [2.05, 4.69) is 17.2 Å². The van der Waals surface area contributed by atoms with Gasteiger partial charge >= 0.3 is 0 Å². The molecule has 0 radical (unpaired) electrons. The Morgan fingerprint density at radius 3 is 2.83 bits per heavy atom. The molecule has 0 aliphatic rings. The molecule has 1 atom stereocenters. The lowest BCUT2D eigenvalue weighted by Crippen LogP contribution is -2.32. The van der Waals surface area contributed by atoms with E-state index in [1.54, 1.807) is 6.07 Å². The molecule has 1 aromatic carbocycles. The van der Waals surface area contributed by atoms with Crippen LogP contribution in [0.1, 0.15) is 42.6 Å². The van der Waals surface area contributed by atoms with Gasteiger partial charge in [-0.15, -0.1) is 0 Å². The van der Waals surface area contributed by atoms with E-state index in [9.17, 15) is 4.79 Å². The predicted octanol–water partition coefficient (Wildman–Crippen LogP) is 1.95. The predicted molar refractivity (Wildman–Crippen MR) is 72.2 cm³/mol. The van der Waals surface area contributed by atoms with E-state index in [1.807, 2.05) is 32.0 Å². The van der Waals surface area contributed by atoms with Gasteiger partial charge in [-0.2, -0.15) is 0 Å². The third kappa shape index (κ3) is 4.23. The van der Waals surface area contributed by atoms with Crippen LogP contribution in [0, 0.1) is 11.8 Å². The fourth-order valence-electron chi connectivity index (χ4n) is 1.41. The Morgan fingerprint density at radius 2 is 2.17 bits per heavy atom. The minimum atomic E-state index is -0.0988. The average molecular weight is 245 g/mol. The van der Waals surface area contributed by atoms with Gasteiger partial charge in [-0.05, 0) is 25.5 Å². The van der Waals surface area contributed by atoms with Gasteiger partial charge in [-0.1, -0.05) is 30.9 Å². The van der Waals surface area contributed by atoms with Crippen molar-refractivity contribution in [2.45, 2.75) is 32.7 Å². The van der Waals surface area contributed by atoms with Crippen molar-refractivity contribution >= 4 is 5.91 Å². The zero-order valence-electron chi connectivity index (χ0n) is 10.9. The molecule has 1 amide bonds. The van der Waals surface area contributed by atoms with Gasteiger partial charge in [0, 0.05) is 18.0 Å². The summed E-state index contributed by atoms with van der Waals surface area (Å²) in [5, 5.41) is 11.6. The highest BCUT2D eigenvalue weighted by Crippen LogP contribution is 2.08. The van der Waals surface area contributed by atoms with Crippen molar-refractivity contribution in [2.75, 3.05) is 6.61 Å². The molecule has 1 aromatic rings. The molecule has 2 N–H and O–H groups in total. The van der Waals surface area contributed by atoms with E-state index in [-0.39, 0.29) is 18.6 Å². The highest BCUT2D eigenvalue weighted by atomic mass is 16.2. The van der Waals surface area contributed by atoms with Crippen LogP contribution in [-0.2, 0) is 0 Å². The third-order valence-electron chi connectivity index (χ3n) is 2.62. The van der Waals surface area contributed by atoms with E-state index in [0.717, 1.165) is 6.42 Å². The topological polar surface area (TPSA) is 49.3 Å². The quantitative estimate of drug-likeness (QED) is 0.797. The van der Waals surface area contributed by atoms with Gasteiger partial charge < -0.3 is 10.4 Å². The molecule has 0 saturated carbocycles. The molecular formula is C15H19NO2. The van der Waals surface area contributed by atoms with E-state index in [0.29, 0.717) is 17.5 Å². The Labute approximate surface area is 108 Å². The summed E-state index contributed by atoms with van der Waals surface area (Å²) in [6, 6.07) is 7.40. The summed E-state index contributed by atoms with van der Waals surface area (Å²) in [5.41, 5.74) is 1.29. The Balaban J connectivity index is 2.88. The largest absolute Gasteiger partial charge is 0.395 e. The molecule has 0 aliphatic carbocycles. The highest BCUT2D eigenvalue weighted by molar-refractivity contribution is 5.96. The van der Waals surface area contributed by atoms with Crippen molar-refractivity contribution in [3.63, 3.8) is 0 Å². The number of aliphatic hydroxyl groups is 1. The first-order valence-electron chi connectivity index (χ1n) is 6.18. The lowest BCUT2D eigenvalue weighted by Gasteiger charge is -2.12. The summed E-state index contributed by atoms with van der Waals surface area (Å²) >= 11 is 0. The van der Waals surface area contributed by atoms with Crippen molar-refractivity contribution in [1.82, 2.24) is 5.32 Å². The van der Waals surface area contributed by atoms with Crippen molar-refractivity contribution in [1.29, 1.82) is 0 Å². The molecular weight excluding hydrogens is 226 g/mol. The van der Waals surface area contributed by atoms with Crippen molar-refractivity contribution in [2.24, 2.45) is 0 Å². The monoisotopic (exact) mass is 245 g/mol. The summed E-state index contributed by atoms with van der Waals surface area (Å²) < 4.78 is 0. The molecule has 0 fully saturated rings. The fourth-order valence-corrected chi connectivity index (χ4v) is 1.41. The Kier molecular flexibility index (Phi) is 5.96. The van der Waals surface area contributed by atoms with Gasteiger partial charge in [-0.3, -0.25) is 4.79 Å². The first-order chi connectivity index (χ1) is 8.69. The molecule has 96 valence electrons. The van der Waals surface area contributed by atoms with Crippen LogP contribution < -0.4 is 5.32 Å². The molecule has 3 heteroatoms. The van der Waals surface area contributed by atoms with Crippen molar-refractivity contribution in [3.8, 4) is 11.8 Å². The van der Waals surface area contributed by atoms with E-state index in [4.69, 9.17) is 5.11 Å². The minimum Gasteiger partial charge on any atom is -0.395 e. The van der Waals surface area contributed by atoms with Crippen molar-refractivity contribution < 1.29 is 9.90 Å². The lowest BCUT2D eigenvalue weighted by molar-refractivity contribution is 0.0939. The Bertz CT molecular complexity index is 457. The normalized spacial score (nSPS) is 11.3. The number of amides is 1. The number of nitrogens with one attached hydrogen (secondary N) is 1. The van der Waals surface area contributed by atoms with Crippen molar-refractivity contribution in [3.05, 3.63) is 35.4 Å². The lowest BCUT2D eigenvalue weighted by atomic mass is 10.1. The van der Waals surface area contributed by atoms with Crippen LogP contribution in [0.5, 0.6) is 0 Å². The van der Waals surface area contributed by atoms with Crippen LogP contribution in [0.25, 0.3) is 0 Å². The summed E-state index contributed by atoms with van der Waals surface area (Å²) in [7, 11) is 0. The first kappa shape index (κ1) is 14.3. The maximum absolute atomic E-state index is 12.0. The van der Waals surface area contributed by atoms with Gasteiger partial charge in [0.1, 0.15) is 0 Å². The second-order valence-corrected chi connectivity index (χ2v) is 4.10. The maximum Gasteiger partial charge on any atom is 0.252 e. The summed E-state index contributed by atoms with van der Waals surface area (Å²) in [5.74, 6) is 5.65. The summed E-state index contributed by atoms with van der Waals surface area (Å²) in [6.45, 7) is 4.03. The van der Waals surface area contributed by atoms with Crippen LogP contribution in [0.15, 0.2) is 24.3 Å². The highest BCUT2D eigenvalue weighted by Gasteiger charge is 2.11. The van der Waals surface area contributed by atoms with Crippen LogP contribution in [0.3, 0.4) is 0 Å². The number of carbonyl (C=O) groups excluding carboxylic acids is 1. The Morgan fingerprint density at radius 1 is 1.44 bits per heavy atom. The van der Waals surface area contributed by atoms with Gasteiger partial charge in [0.05, 0.1) is 12.2 Å². The molecule has 0 heterocycles. The van der Waals surface area contributed by atoms with E-state index >= 15 is 0 Å². The van der Waals surface area contributed by atoms with Gasteiger partial charge in [0.25, 0.3) is 5.91 Å². The smallest absolute Gasteiger partial charge is 0.252 e. The number of rotatable bonds is 4. The molecule has 0 aliphatic heterocycles. The molecule has 0 bridgehead atoms. The zero-order valence-corrected chi connectivity index (χ0v) is 10.9. The summed E-state index contributed by atoms with van der Waals surface area (Å²) in [4.78, 5) is 12.0. The SMILES string of the molecule is CCC(C)NC(=O)c1ccccc1C#CCCO. The second-order valence-electron chi connectivity index (χ2n) is 4.10. The number of carbonyl (C=O) groups is 1. The fraction of sp³-hybridized carbons (Fsp3) is 0.400. The van der Waals surface area contributed by atoms with E-state index < -0.39 is 0 Å². The maximum atomic E-state index is 12.0. The molecule has 0 saturated heterocycles. The van der Waals surface area contributed by atoms with Crippen LogP contribution in [0.2, 0.25) is 0 Å². The van der Waals surface area contributed by atoms with E-state index in [1.165, 1.54) is 0 Å². The number of hydrogen-bond donors (Lipinski definition) is 2. The molecule has 0 aromatic heterocycles. The van der Waals surface area contributed by atoms with Gasteiger partial charge in [-0.25, -0.2) is 0 Å². The van der Waals surface area contributed by atoms with Gasteiger partial charge in [0.2, 0.25) is 0 Å². The zero-order chi connectivity index (χ0) is 13.4. The number of benzene rings is 1. The van der Waals surface area contributed by atoms with Gasteiger partial charge in [0.15, 0.2) is 0 Å². The standard InChI is InChI=1S/C15H19NO2/c1-3-12(2)16-15(18)14-10-5-4-8-13(14)9-6-7-11-17/h4-5,8,10,12,17H,3,7,11H2,1-2H3,(H,16,18). The number of aliphatic hydroxyl groups excluding tert-OH is 1. The van der Waals surface area contributed by atoms with Crippen LogP contribution in [0.4, 0.5) is 0 Å². The van der Waals surface area contributed by atoms with Crippen LogP contribution in [-0.4, -0.2) is 23.7 Å². The molecule has 3 nitrogen and oxygen atoms in total. The Hall–Kier alpha value is -1.79. The number of hydrogen-bond acceptors (Lipinski definition) is 2. The second kappa shape index (κ2) is 7.52. The molecule has 1 unspecified atom stereocenters. The average Bonchev–Trinajstić information content (AvgIpc) is 2.39. The summed E-state index contributed by atoms with van der Waals surface area (Å²) in [6.07, 6.45) is 1.31. The third-order valence-corrected chi connectivity index (χ3v) is 2.62. The van der Waals surface area contributed by atoms with Crippen LogP contribution >= 0.6 is 0 Å². The molecule has 0 spiro atoms. The first-order valence-corrected chi connectivity index (χ1v) is 6.18. The minimum absolute atomic E-state index is 0.0359.